The van der Waals surface area contributed by atoms with Crippen molar-refractivity contribution < 1.29 is 9.53 Å². The molecule has 15 heavy (non-hydrogen) atoms. The number of nitrogens with zero attached hydrogens (tertiary/aromatic N) is 1. The zero-order chi connectivity index (χ0) is 11.6. The maximum atomic E-state index is 11.5. The Morgan fingerprint density at radius 2 is 2.13 bits per heavy atom. The molecule has 4 heteroatoms. The topological polar surface area (TPSA) is 55.6 Å². The lowest BCUT2D eigenvalue weighted by Gasteiger charge is -2.32. The molecular weight excluding hydrogens is 192 g/mol. The maximum Gasteiger partial charge on any atom is 0.424 e. The molecule has 0 saturated heterocycles. The van der Waals surface area contributed by atoms with E-state index in [0.717, 1.165) is 17.9 Å². The lowest BCUT2D eigenvalue weighted by atomic mass is 9.81. The van der Waals surface area contributed by atoms with E-state index in [4.69, 9.17) is 10.6 Å². The van der Waals surface area contributed by atoms with E-state index < -0.39 is 11.7 Å². The van der Waals surface area contributed by atoms with Crippen LogP contribution in [0.5, 0.6) is 0 Å². The van der Waals surface area contributed by atoms with Gasteiger partial charge in [0.25, 0.3) is 0 Å². The van der Waals surface area contributed by atoms with Crippen LogP contribution in [0.3, 0.4) is 0 Å². The molecule has 0 spiro atoms. The van der Waals surface area contributed by atoms with Crippen molar-refractivity contribution in [3.05, 3.63) is 12.2 Å². The van der Waals surface area contributed by atoms with Gasteiger partial charge in [-0.15, -0.1) is 0 Å². The second-order valence-corrected chi connectivity index (χ2v) is 5.16. The highest BCUT2D eigenvalue weighted by molar-refractivity contribution is 5.67. The number of allylic oxidation sites excluding steroid dienone is 1. The minimum Gasteiger partial charge on any atom is -0.443 e. The average Bonchev–Trinajstić information content (AvgIpc) is 1.98. The monoisotopic (exact) mass is 212 g/mol. The smallest absolute Gasteiger partial charge is 0.424 e. The van der Waals surface area contributed by atoms with Crippen LogP contribution in [0.2, 0.25) is 0 Å². The molecule has 1 aliphatic carbocycles. The second kappa shape index (κ2) is 4.23. The quantitative estimate of drug-likeness (QED) is 0.330. The fourth-order valence-corrected chi connectivity index (χ4v) is 1.56. The molecule has 2 N–H and O–H groups in total. The van der Waals surface area contributed by atoms with Crippen LogP contribution in [0.25, 0.3) is 0 Å². The van der Waals surface area contributed by atoms with Crippen LogP contribution in [0.1, 0.15) is 33.6 Å². The number of rotatable bonds is 2. The molecule has 1 aliphatic rings. The summed E-state index contributed by atoms with van der Waals surface area (Å²) in [6, 6.07) is 0. The Hall–Kier alpha value is -1.03. The summed E-state index contributed by atoms with van der Waals surface area (Å²) in [5.74, 6) is 6.06. The summed E-state index contributed by atoms with van der Waals surface area (Å²) < 4.78 is 5.14. The summed E-state index contributed by atoms with van der Waals surface area (Å²) >= 11 is 0. The molecule has 0 bridgehead atoms. The number of hydrogen-bond acceptors (Lipinski definition) is 3. The highest BCUT2D eigenvalue weighted by Gasteiger charge is 2.27. The van der Waals surface area contributed by atoms with Gasteiger partial charge >= 0.3 is 6.09 Å². The summed E-state index contributed by atoms with van der Waals surface area (Å²) in [5.41, 5.74) is 0.746. The molecule has 0 unspecified atom stereocenters. The van der Waals surface area contributed by atoms with Gasteiger partial charge in [-0.2, -0.15) is 0 Å². The third-order valence-electron chi connectivity index (χ3n) is 2.24. The molecule has 0 aromatic rings. The van der Waals surface area contributed by atoms with Gasteiger partial charge in [0.1, 0.15) is 5.60 Å². The number of carbonyl (C=O) groups excluding carboxylic acids is 1. The van der Waals surface area contributed by atoms with Gasteiger partial charge in [-0.05, 0) is 39.5 Å². The van der Waals surface area contributed by atoms with Gasteiger partial charge in [-0.1, -0.05) is 12.2 Å². The standard InChI is InChI=1S/C11H20N2O2/c1-8-5-9(6-8)7-13(12)10(14)15-11(2,3)4/h9H,1,5-7,12H2,2-4H3. The first-order valence-corrected chi connectivity index (χ1v) is 5.20. The van der Waals surface area contributed by atoms with E-state index in [-0.39, 0.29) is 0 Å². The minimum absolute atomic E-state index is 0.454. The van der Waals surface area contributed by atoms with Crippen LogP contribution in [0.15, 0.2) is 12.2 Å². The molecule has 0 radical (unpaired) electrons. The molecule has 1 amide bonds. The van der Waals surface area contributed by atoms with Gasteiger partial charge in [-0.25, -0.2) is 15.6 Å². The maximum absolute atomic E-state index is 11.5. The number of ether oxygens (including phenoxy) is 1. The van der Waals surface area contributed by atoms with Crippen molar-refractivity contribution in [1.29, 1.82) is 0 Å². The van der Waals surface area contributed by atoms with Crippen molar-refractivity contribution in [2.24, 2.45) is 11.8 Å². The van der Waals surface area contributed by atoms with Crippen LogP contribution in [0.4, 0.5) is 4.79 Å². The van der Waals surface area contributed by atoms with Gasteiger partial charge in [0, 0.05) is 6.54 Å². The van der Waals surface area contributed by atoms with Crippen LogP contribution in [0, 0.1) is 5.92 Å². The fraction of sp³-hybridized carbons (Fsp3) is 0.727. The summed E-state index contributed by atoms with van der Waals surface area (Å²) in [7, 11) is 0. The third kappa shape index (κ3) is 3.91. The van der Waals surface area contributed by atoms with Crippen LogP contribution in [-0.2, 0) is 4.74 Å². The number of nitrogens with two attached hydrogens (primary N) is 1. The molecule has 86 valence electrons. The van der Waals surface area contributed by atoms with E-state index in [9.17, 15) is 4.79 Å². The van der Waals surface area contributed by atoms with E-state index in [1.807, 2.05) is 20.8 Å². The molecule has 1 rings (SSSR count). The van der Waals surface area contributed by atoms with Crippen LogP contribution < -0.4 is 5.84 Å². The minimum atomic E-state index is -0.488. The van der Waals surface area contributed by atoms with E-state index in [2.05, 4.69) is 6.58 Å². The molecule has 4 nitrogen and oxygen atoms in total. The second-order valence-electron chi connectivity index (χ2n) is 5.16. The lowest BCUT2D eigenvalue weighted by Crippen LogP contribution is -2.45. The van der Waals surface area contributed by atoms with Gasteiger partial charge in [0.15, 0.2) is 0 Å². The molecule has 1 fully saturated rings. The van der Waals surface area contributed by atoms with Crippen LogP contribution in [-0.4, -0.2) is 23.2 Å². The molecule has 0 atom stereocenters. The van der Waals surface area contributed by atoms with Gasteiger partial charge in [0.2, 0.25) is 0 Å². The van der Waals surface area contributed by atoms with Gasteiger partial charge < -0.3 is 4.74 Å². The molecule has 1 saturated carbocycles. The molecule has 0 aromatic carbocycles. The van der Waals surface area contributed by atoms with E-state index >= 15 is 0 Å². The van der Waals surface area contributed by atoms with Crippen molar-refractivity contribution in [2.45, 2.75) is 39.2 Å². The molecular formula is C11H20N2O2. The first kappa shape index (κ1) is 12.0. The first-order valence-electron chi connectivity index (χ1n) is 5.20. The van der Waals surface area contributed by atoms with E-state index in [0.29, 0.717) is 12.5 Å². The number of hydrazine groups is 1. The normalized spacial score (nSPS) is 17.2. The summed E-state index contributed by atoms with van der Waals surface area (Å²) in [5, 5.41) is 1.16. The zero-order valence-electron chi connectivity index (χ0n) is 9.75. The van der Waals surface area contributed by atoms with Crippen molar-refractivity contribution in [3.63, 3.8) is 0 Å². The largest absolute Gasteiger partial charge is 0.443 e. The SMILES string of the molecule is C=C1CC(CN(N)C(=O)OC(C)(C)C)C1. The Morgan fingerprint density at radius 1 is 1.60 bits per heavy atom. The van der Waals surface area contributed by atoms with Crippen molar-refractivity contribution in [3.8, 4) is 0 Å². The van der Waals surface area contributed by atoms with Crippen molar-refractivity contribution >= 4 is 6.09 Å². The summed E-state index contributed by atoms with van der Waals surface area (Å²) in [4.78, 5) is 11.5. The Bertz CT molecular complexity index is 260. The Kier molecular flexibility index (Phi) is 3.39. The van der Waals surface area contributed by atoms with Gasteiger partial charge in [-0.3, -0.25) is 0 Å². The molecule has 0 heterocycles. The highest BCUT2D eigenvalue weighted by Crippen LogP contribution is 2.31. The van der Waals surface area contributed by atoms with Crippen LogP contribution >= 0.6 is 0 Å². The number of hydrogen-bond donors (Lipinski definition) is 1. The third-order valence-corrected chi connectivity index (χ3v) is 2.24. The first-order chi connectivity index (χ1) is 6.78. The van der Waals surface area contributed by atoms with Crippen molar-refractivity contribution in [2.75, 3.05) is 6.54 Å². The Labute approximate surface area is 91.0 Å². The van der Waals surface area contributed by atoms with Crippen molar-refractivity contribution in [1.82, 2.24) is 5.01 Å². The molecule has 0 aliphatic heterocycles. The lowest BCUT2D eigenvalue weighted by molar-refractivity contribution is 0.0205. The summed E-state index contributed by atoms with van der Waals surface area (Å²) in [6.07, 6.45) is 1.48. The molecule has 0 aromatic heterocycles. The number of carbonyl (C=O) groups is 1. The highest BCUT2D eigenvalue weighted by atomic mass is 16.6. The van der Waals surface area contributed by atoms with E-state index in [1.165, 1.54) is 5.57 Å². The predicted molar refractivity (Wildman–Crippen MR) is 59.0 cm³/mol. The summed E-state index contributed by atoms with van der Waals surface area (Å²) in [6.45, 7) is 9.87. The predicted octanol–water partition coefficient (Wildman–Crippen LogP) is 2.06. The zero-order valence-corrected chi connectivity index (χ0v) is 9.75. The average molecular weight is 212 g/mol. The fourth-order valence-electron chi connectivity index (χ4n) is 1.56. The van der Waals surface area contributed by atoms with Gasteiger partial charge in [0.05, 0.1) is 0 Å². The van der Waals surface area contributed by atoms with E-state index in [1.54, 1.807) is 0 Å². The number of amides is 1. The Morgan fingerprint density at radius 3 is 2.53 bits per heavy atom. The Balaban J connectivity index is 2.30.